The fraction of sp³-hybridized carbons (Fsp3) is 0.867. The molecule has 0 aromatic carbocycles. The van der Waals surface area contributed by atoms with Crippen molar-refractivity contribution in [1.82, 2.24) is 14.7 Å². The topological polar surface area (TPSA) is 64.1 Å². The summed E-state index contributed by atoms with van der Waals surface area (Å²) in [6.07, 6.45) is 2.67. The third-order valence-corrected chi connectivity index (χ3v) is 4.31. The highest BCUT2D eigenvalue weighted by Gasteiger charge is 2.31. The minimum absolute atomic E-state index is 0.148. The Balaban J connectivity index is 1.79. The van der Waals surface area contributed by atoms with Crippen LogP contribution in [-0.4, -0.2) is 77.1 Å². The Morgan fingerprint density at radius 1 is 1.19 bits per heavy atom. The minimum atomic E-state index is -0.760. The van der Waals surface area contributed by atoms with Crippen LogP contribution in [0.1, 0.15) is 33.1 Å². The molecule has 0 radical (unpaired) electrons. The van der Waals surface area contributed by atoms with Gasteiger partial charge in [0.15, 0.2) is 0 Å². The largest absolute Gasteiger partial charge is 0.481 e. The molecular formula is C15H27N3O3. The normalized spacial score (nSPS) is 19.9. The summed E-state index contributed by atoms with van der Waals surface area (Å²) in [6, 6.07) is 0.387. The monoisotopic (exact) mass is 297 g/mol. The van der Waals surface area contributed by atoms with Crippen LogP contribution >= 0.6 is 0 Å². The van der Waals surface area contributed by atoms with Crippen LogP contribution in [0.3, 0.4) is 0 Å². The number of piperazine rings is 1. The number of hydrogen-bond donors (Lipinski definition) is 1. The molecule has 0 atom stereocenters. The SMILES string of the molecule is CC(C)N(CC1CC1)C(=O)N1CCN(CCC(=O)O)CC1. The molecular weight excluding hydrogens is 270 g/mol. The van der Waals surface area contributed by atoms with Gasteiger partial charge >= 0.3 is 12.0 Å². The van der Waals surface area contributed by atoms with Crippen molar-refractivity contribution in [2.75, 3.05) is 39.3 Å². The second kappa shape index (κ2) is 7.11. The Morgan fingerprint density at radius 2 is 1.81 bits per heavy atom. The smallest absolute Gasteiger partial charge is 0.320 e. The summed E-state index contributed by atoms with van der Waals surface area (Å²) in [5.41, 5.74) is 0. The van der Waals surface area contributed by atoms with Crippen molar-refractivity contribution in [2.24, 2.45) is 5.92 Å². The molecule has 0 aromatic rings. The predicted octanol–water partition coefficient (Wildman–Crippen LogP) is 1.32. The van der Waals surface area contributed by atoms with Gasteiger partial charge < -0.3 is 14.9 Å². The predicted molar refractivity (Wildman–Crippen MR) is 80.2 cm³/mol. The molecule has 1 aliphatic heterocycles. The molecule has 2 rings (SSSR count). The minimum Gasteiger partial charge on any atom is -0.481 e. The van der Waals surface area contributed by atoms with E-state index >= 15 is 0 Å². The molecule has 120 valence electrons. The molecule has 1 saturated heterocycles. The first-order chi connectivity index (χ1) is 9.97. The molecule has 1 heterocycles. The second-order valence-corrected chi connectivity index (χ2v) is 6.44. The third kappa shape index (κ3) is 4.88. The first-order valence-electron chi connectivity index (χ1n) is 7.97. The number of nitrogens with zero attached hydrogens (tertiary/aromatic N) is 3. The van der Waals surface area contributed by atoms with E-state index in [4.69, 9.17) is 5.11 Å². The number of carboxylic acid groups (broad SMARTS) is 1. The van der Waals surface area contributed by atoms with Crippen LogP contribution in [0.4, 0.5) is 4.79 Å². The zero-order valence-corrected chi connectivity index (χ0v) is 13.1. The van der Waals surface area contributed by atoms with E-state index < -0.39 is 5.97 Å². The first kappa shape index (κ1) is 16.1. The summed E-state index contributed by atoms with van der Waals surface area (Å²) in [5, 5.41) is 8.71. The van der Waals surface area contributed by atoms with Gasteiger partial charge in [0.25, 0.3) is 0 Å². The van der Waals surface area contributed by atoms with E-state index in [2.05, 4.69) is 18.7 Å². The van der Waals surface area contributed by atoms with Crippen LogP contribution in [0.5, 0.6) is 0 Å². The van der Waals surface area contributed by atoms with Gasteiger partial charge in [-0.25, -0.2) is 4.79 Å². The van der Waals surface area contributed by atoms with Crippen LogP contribution in [0.25, 0.3) is 0 Å². The van der Waals surface area contributed by atoms with Crippen molar-refractivity contribution < 1.29 is 14.7 Å². The molecule has 6 heteroatoms. The van der Waals surface area contributed by atoms with E-state index in [1.54, 1.807) is 0 Å². The van der Waals surface area contributed by atoms with Crippen molar-refractivity contribution in [3.8, 4) is 0 Å². The van der Waals surface area contributed by atoms with Gasteiger partial charge in [0.05, 0.1) is 6.42 Å². The van der Waals surface area contributed by atoms with Gasteiger partial charge in [0.1, 0.15) is 0 Å². The van der Waals surface area contributed by atoms with Gasteiger partial charge in [0.2, 0.25) is 0 Å². The molecule has 6 nitrogen and oxygen atoms in total. The fourth-order valence-electron chi connectivity index (χ4n) is 2.69. The summed E-state index contributed by atoms with van der Waals surface area (Å²) < 4.78 is 0. The molecule has 2 amide bonds. The lowest BCUT2D eigenvalue weighted by molar-refractivity contribution is -0.137. The lowest BCUT2D eigenvalue weighted by atomic mass is 10.2. The Bertz CT molecular complexity index is 374. The van der Waals surface area contributed by atoms with Crippen LogP contribution in [0.2, 0.25) is 0 Å². The lowest BCUT2D eigenvalue weighted by Gasteiger charge is -2.38. The van der Waals surface area contributed by atoms with E-state index in [1.807, 2.05) is 9.80 Å². The van der Waals surface area contributed by atoms with E-state index in [0.29, 0.717) is 25.6 Å². The zero-order chi connectivity index (χ0) is 15.4. The standard InChI is InChI=1S/C15H27N3O3/c1-12(2)18(11-13-3-4-13)15(21)17-9-7-16(8-10-17)6-5-14(19)20/h12-13H,3-11H2,1-2H3,(H,19,20). The molecule has 1 N–H and O–H groups in total. The molecule has 1 aliphatic carbocycles. The molecule has 0 bridgehead atoms. The zero-order valence-electron chi connectivity index (χ0n) is 13.1. The lowest BCUT2D eigenvalue weighted by Crippen LogP contribution is -2.54. The van der Waals surface area contributed by atoms with Crippen molar-refractivity contribution in [1.29, 1.82) is 0 Å². The summed E-state index contributed by atoms with van der Waals surface area (Å²) in [7, 11) is 0. The van der Waals surface area contributed by atoms with Gasteiger partial charge in [-0.2, -0.15) is 0 Å². The maximum Gasteiger partial charge on any atom is 0.320 e. The van der Waals surface area contributed by atoms with Crippen molar-refractivity contribution in [2.45, 2.75) is 39.2 Å². The Labute approximate surface area is 126 Å². The Hall–Kier alpha value is -1.30. The highest BCUT2D eigenvalue weighted by atomic mass is 16.4. The number of carboxylic acids is 1. The van der Waals surface area contributed by atoms with Crippen LogP contribution in [0.15, 0.2) is 0 Å². The molecule has 2 aliphatic rings. The summed E-state index contributed by atoms with van der Waals surface area (Å²) in [5.74, 6) is -0.0582. The second-order valence-electron chi connectivity index (χ2n) is 6.44. The highest BCUT2D eigenvalue weighted by Crippen LogP contribution is 2.30. The average molecular weight is 297 g/mol. The van der Waals surface area contributed by atoms with Gasteiger partial charge in [-0.3, -0.25) is 9.69 Å². The number of amides is 2. The third-order valence-electron chi connectivity index (χ3n) is 4.31. The molecule has 0 aromatic heterocycles. The summed E-state index contributed by atoms with van der Waals surface area (Å²) in [4.78, 5) is 29.2. The van der Waals surface area contributed by atoms with E-state index in [1.165, 1.54) is 12.8 Å². The van der Waals surface area contributed by atoms with Crippen molar-refractivity contribution in [3.63, 3.8) is 0 Å². The van der Waals surface area contributed by atoms with E-state index in [0.717, 1.165) is 19.6 Å². The van der Waals surface area contributed by atoms with E-state index in [9.17, 15) is 9.59 Å². The first-order valence-corrected chi connectivity index (χ1v) is 7.97. The summed E-state index contributed by atoms with van der Waals surface area (Å²) in [6.45, 7) is 8.55. The Kier molecular flexibility index (Phi) is 5.45. The maximum atomic E-state index is 12.6. The van der Waals surface area contributed by atoms with Gasteiger partial charge in [-0.05, 0) is 32.6 Å². The maximum absolute atomic E-state index is 12.6. The number of hydrogen-bond acceptors (Lipinski definition) is 3. The average Bonchev–Trinajstić information content (AvgIpc) is 3.26. The van der Waals surface area contributed by atoms with Gasteiger partial charge in [-0.1, -0.05) is 0 Å². The molecule has 21 heavy (non-hydrogen) atoms. The number of rotatable bonds is 6. The van der Waals surface area contributed by atoms with Gasteiger partial charge in [-0.15, -0.1) is 0 Å². The molecule has 0 spiro atoms. The molecule has 1 saturated carbocycles. The highest BCUT2D eigenvalue weighted by molar-refractivity contribution is 5.75. The summed E-state index contributed by atoms with van der Waals surface area (Å²) >= 11 is 0. The van der Waals surface area contributed by atoms with E-state index in [-0.39, 0.29) is 18.5 Å². The molecule has 0 unspecified atom stereocenters. The van der Waals surface area contributed by atoms with Crippen molar-refractivity contribution in [3.05, 3.63) is 0 Å². The van der Waals surface area contributed by atoms with Crippen molar-refractivity contribution >= 4 is 12.0 Å². The number of aliphatic carboxylic acids is 1. The number of carbonyl (C=O) groups excluding carboxylic acids is 1. The number of urea groups is 1. The van der Waals surface area contributed by atoms with Crippen LogP contribution in [-0.2, 0) is 4.79 Å². The fourth-order valence-corrected chi connectivity index (χ4v) is 2.69. The van der Waals surface area contributed by atoms with Gasteiger partial charge in [0, 0.05) is 45.3 Å². The van der Waals surface area contributed by atoms with Crippen LogP contribution < -0.4 is 0 Å². The van der Waals surface area contributed by atoms with Crippen LogP contribution in [0, 0.1) is 5.92 Å². The molecule has 2 fully saturated rings. The Morgan fingerprint density at radius 3 is 2.29 bits per heavy atom. The number of carbonyl (C=O) groups is 2. The quantitative estimate of drug-likeness (QED) is 0.803.